The third-order valence-corrected chi connectivity index (χ3v) is 7.70. The third-order valence-electron chi connectivity index (χ3n) is 7.70. The summed E-state index contributed by atoms with van der Waals surface area (Å²) in [5, 5.41) is 12.8. The number of likely N-dealkylation sites (tertiary alicyclic amines) is 1. The van der Waals surface area contributed by atoms with Gasteiger partial charge in [0.1, 0.15) is 0 Å². The number of hydrogen-bond donors (Lipinski definition) is 1. The van der Waals surface area contributed by atoms with Gasteiger partial charge in [-0.25, -0.2) is 13.5 Å². The van der Waals surface area contributed by atoms with Gasteiger partial charge in [0.25, 0.3) is 11.8 Å². The number of carbonyl (C=O) groups excluding carboxylic acids is 2. The second-order valence-electron chi connectivity index (χ2n) is 10.5. The van der Waals surface area contributed by atoms with E-state index in [1.54, 1.807) is 6.07 Å². The first-order valence-electron chi connectivity index (χ1n) is 13.6. The number of para-hydroxylation sites is 2. The Morgan fingerprint density at radius 3 is 2.28 bits per heavy atom. The van der Waals surface area contributed by atoms with Gasteiger partial charge in [-0.2, -0.15) is 18.3 Å². The number of rotatable bonds is 5. The van der Waals surface area contributed by atoms with Gasteiger partial charge in [0, 0.05) is 49.7 Å². The Labute approximate surface area is 243 Å². The van der Waals surface area contributed by atoms with Gasteiger partial charge in [0.15, 0.2) is 5.69 Å². The number of halogens is 5. The van der Waals surface area contributed by atoms with Crippen LogP contribution in [0.3, 0.4) is 0 Å². The van der Waals surface area contributed by atoms with E-state index in [1.807, 2.05) is 0 Å². The Hall–Kier alpha value is -4.55. The van der Waals surface area contributed by atoms with Crippen molar-refractivity contribution in [2.75, 3.05) is 24.5 Å². The number of carboxylic acids is 1. The number of aromatic nitrogens is 2. The fourth-order valence-electron chi connectivity index (χ4n) is 5.54. The van der Waals surface area contributed by atoms with Crippen LogP contribution in [0, 0.1) is 5.92 Å². The number of anilines is 1. The molecule has 2 aliphatic heterocycles. The predicted octanol–water partition coefficient (Wildman–Crippen LogP) is 5.67. The van der Waals surface area contributed by atoms with E-state index in [-0.39, 0.29) is 42.4 Å². The first-order valence-corrected chi connectivity index (χ1v) is 13.6. The van der Waals surface area contributed by atoms with Crippen LogP contribution in [0.1, 0.15) is 47.3 Å². The van der Waals surface area contributed by atoms with E-state index in [0.717, 1.165) is 17.2 Å². The smallest absolute Gasteiger partial charge is 0.434 e. The Bertz CT molecular complexity index is 1560. The number of carboxylic acid groups (broad SMARTS) is 1. The summed E-state index contributed by atoms with van der Waals surface area (Å²) in [6.07, 6.45) is -3.57. The molecule has 0 spiro atoms. The van der Waals surface area contributed by atoms with E-state index in [9.17, 15) is 27.6 Å². The first-order chi connectivity index (χ1) is 20.4. The topological polar surface area (TPSA) is 95.7 Å². The molecule has 5 rings (SSSR count). The number of hydrogen-bond acceptors (Lipinski definition) is 4. The summed E-state index contributed by atoms with van der Waals surface area (Å²) in [6.45, 7) is -0.225. The van der Waals surface area contributed by atoms with Gasteiger partial charge in [-0.3, -0.25) is 14.4 Å². The van der Waals surface area contributed by atoms with Crippen LogP contribution in [-0.4, -0.2) is 63.1 Å². The van der Waals surface area contributed by atoms with Crippen LogP contribution in [0.2, 0.25) is 0 Å². The van der Waals surface area contributed by atoms with Crippen LogP contribution in [0.15, 0.2) is 66.9 Å². The number of nitrogens with zero attached hydrogens (tertiary/aromatic N) is 4. The van der Waals surface area contributed by atoms with Gasteiger partial charge in [-0.1, -0.05) is 36.4 Å². The molecule has 1 aromatic heterocycles. The number of amides is 2. The summed E-state index contributed by atoms with van der Waals surface area (Å²) in [6, 6.07) is 13.0. The van der Waals surface area contributed by atoms with Crippen molar-refractivity contribution in [2.45, 2.75) is 37.8 Å². The van der Waals surface area contributed by atoms with Crippen molar-refractivity contribution in [1.29, 1.82) is 0 Å². The molecule has 3 aromatic rings. The van der Waals surface area contributed by atoms with Gasteiger partial charge in [0.05, 0.1) is 23.1 Å². The standard InChI is InChI=1S/C30H27F5N4O4/c31-29(32)12-15-38(28(43)22-18-36-39(27(22)30(33,34)35)20-6-2-1-3-7-20)24-9-5-4-8-21(24)23(29)17-25(40)37-13-10-19(11-14-37)16-26(41)42/h1-9,17-19H,10-16H2,(H,41,42)/b23-17-. The van der Waals surface area contributed by atoms with Crippen molar-refractivity contribution in [1.82, 2.24) is 14.7 Å². The number of benzene rings is 2. The predicted molar refractivity (Wildman–Crippen MR) is 146 cm³/mol. The maximum atomic E-state index is 15.6. The molecule has 0 saturated carbocycles. The lowest BCUT2D eigenvalue weighted by molar-refractivity contribution is -0.143. The number of fused-ring (bicyclic) bond motifs is 1. The lowest BCUT2D eigenvalue weighted by Crippen LogP contribution is -2.38. The maximum Gasteiger partial charge on any atom is 0.434 e. The molecule has 0 atom stereocenters. The molecule has 3 heterocycles. The number of allylic oxidation sites excluding steroid dienone is 1. The Balaban J connectivity index is 1.50. The van der Waals surface area contributed by atoms with Gasteiger partial charge < -0.3 is 14.9 Å². The van der Waals surface area contributed by atoms with Crippen molar-refractivity contribution in [3.05, 3.63) is 83.7 Å². The number of piperidine rings is 1. The van der Waals surface area contributed by atoms with Crippen molar-refractivity contribution < 1.29 is 41.4 Å². The zero-order valence-corrected chi connectivity index (χ0v) is 22.7. The molecular formula is C30H27F5N4O4. The molecule has 0 bridgehead atoms. The van der Waals surface area contributed by atoms with E-state index in [0.29, 0.717) is 17.5 Å². The molecule has 2 amide bonds. The summed E-state index contributed by atoms with van der Waals surface area (Å²) < 4.78 is 74.7. The fraction of sp³-hybridized carbons (Fsp3) is 0.333. The van der Waals surface area contributed by atoms with E-state index in [1.165, 1.54) is 53.4 Å². The summed E-state index contributed by atoms with van der Waals surface area (Å²) in [4.78, 5) is 40.1. The summed E-state index contributed by atoms with van der Waals surface area (Å²) in [7, 11) is 0. The molecule has 8 nitrogen and oxygen atoms in total. The first kappa shape index (κ1) is 29.9. The second-order valence-corrected chi connectivity index (χ2v) is 10.5. The zero-order valence-electron chi connectivity index (χ0n) is 22.7. The molecule has 1 saturated heterocycles. The summed E-state index contributed by atoms with van der Waals surface area (Å²) in [5.41, 5.74) is -2.95. The average molecular weight is 603 g/mol. The largest absolute Gasteiger partial charge is 0.481 e. The van der Waals surface area contributed by atoms with Crippen LogP contribution in [0.5, 0.6) is 0 Å². The van der Waals surface area contributed by atoms with Gasteiger partial charge >= 0.3 is 12.1 Å². The molecule has 43 heavy (non-hydrogen) atoms. The number of alkyl halides is 5. The average Bonchev–Trinajstić information content (AvgIpc) is 3.39. The SMILES string of the molecule is O=C(O)CC1CCN(C(=O)/C=C2/c3ccccc3N(C(=O)c3cnn(-c4ccccc4)c3C(F)(F)F)CCC2(F)F)CC1. The molecule has 0 aliphatic carbocycles. The number of aliphatic carboxylic acids is 1. The summed E-state index contributed by atoms with van der Waals surface area (Å²) in [5.74, 6) is -6.52. The quantitative estimate of drug-likeness (QED) is 0.300. The van der Waals surface area contributed by atoms with Gasteiger partial charge in [-0.15, -0.1) is 0 Å². The monoisotopic (exact) mass is 602 g/mol. The van der Waals surface area contributed by atoms with Crippen LogP contribution in [-0.2, 0) is 15.8 Å². The molecule has 1 N–H and O–H groups in total. The van der Waals surface area contributed by atoms with Crippen LogP contribution in [0.4, 0.5) is 27.6 Å². The van der Waals surface area contributed by atoms with E-state index in [4.69, 9.17) is 5.11 Å². The molecule has 2 aromatic carbocycles. The lowest BCUT2D eigenvalue weighted by Gasteiger charge is -2.31. The molecule has 0 unspecified atom stereocenters. The zero-order chi connectivity index (χ0) is 30.9. The highest BCUT2D eigenvalue weighted by molar-refractivity contribution is 6.09. The summed E-state index contributed by atoms with van der Waals surface area (Å²) >= 11 is 0. The molecule has 1 fully saturated rings. The lowest BCUT2D eigenvalue weighted by atomic mass is 9.93. The Morgan fingerprint density at radius 1 is 0.977 bits per heavy atom. The van der Waals surface area contributed by atoms with Crippen molar-refractivity contribution >= 4 is 29.0 Å². The van der Waals surface area contributed by atoms with E-state index in [2.05, 4.69) is 5.10 Å². The highest BCUT2D eigenvalue weighted by Crippen LogP contribution is 2.44. The van der Waals surface area contributed by atoms with Gasteiger partial charge in [0.2, 0.25) is 5.91 Å². The molecule has 13 heteroatoms. The Morgan fingerprint density at radius 2 is 1.63 bits per heavy atom. The fourth-order valence-corrected chi connectivity index (χ4v) is 5.54. The van der Waals surface area contributed by atoms with Crippen molar-refractivity contribution in [2.24, 2.45) is 5.92 Å². The minimum atomic E-state index is -5.00. The second kappa shape index (κ2) is 11.6. The molecular weight excluding hydrogens is 575 g/mol. The van der Waals surface area contributed by atoms with E-state index < -0.39 is 59.7 Å². The van der Waals surface area contributed by atoms with Crippen molar-refractivity contribution in [3.8, 4) is 5.69 Å². The number of carbonyl (C=O) groups is 3. The minimum Gasteiger partial charge on any atom is -0.481 e. The third kappa shape index (κ3) is 6.15. The van der Waals surface area contributed by atoms with E-state index >= 15 is 8.78 Å². The Kier molecular flexibility index (Phi) is 8.08. The molecule has 226 valence electrons. The maximum absolute atomic E-state index is 15.6. The minimum absolute atomic E-state index is 0.0429. The van der Waals surface area contributed by atoms with Crippen LogP contribution < -0.4 is 4.90 Å². The molecule has 0 radical (unpaired) electrons. The van der Waals surface area contributed by atoms with Crippen LogP contribution in [0.25, 0.3) is 11.3 Å². The van der Waals surface area contributed by atoms with Crippen LogP contribution >= 0.6 is 0 Å². The van der Waals surface area contributed by atoms with Crippen molar-refractivity contribution in [3.63, 3.8) is 0 Å². The highest BCUT2D eigenvalue weighted by Gasteiger charge is 2.45. The molecule has 2 aliphatic rings. The normalized spacial score (nSPS) is 18.3. The van der Waals surface area contributed by atoms with Gasteiger partial charge in [-0.05, 0) is 37.0 Å². The highest BCUT2D eigenvalue weighted by atomic mass is 19.4.